The van der Waals surface area contributed by atoms with E-state index < -0.39 is 10.0 Å². The van der Waals surface area contributed by atoms with Crippen LogP contribution in [0.2, 0.25) is 0 Å². The zero-order chi connectivity index (χ0) is 20.7. The summed E-state index contributed by atoms with van der Waals surface area (Å²) in [4.78, 5) is 20.1. The maximum absolute atomic E-state index is 13.0. The van der Waals surface area contributed by atoms with Crippen molar-refractivity contribution in [3.05, 3.63) is 65.1 Å². The molecule has 1 saturated heterocycles. The van der Waals surface area contributed by atoms with E-state index in [2.05, 4.69) is 19.6 Å². The lowest BCUT2D eigenvalue weighted by Crippen LogP contribution is -2.36. The number of nitrogens with one attached hydrogen (secondary N) is 3. The van der Waals surface area contributed by atoms with Gasteiger partial charge in [-0.05, 0) is 48.5 Å². The van der Waals surface area contributed by atoms with E-state index in [4.69, 9.17) is 4.74 Å². The minimum atomic E-state index is -3.79. The molecule has 0 spiro atoms. The van der Waals surface area contributed by atoms with Crippen LogP contribution in [-0.4, -0.2) is 44.7 Å². The zero-order valence-electron chi connectivity index (χ0n) is 16.0. The predicted molar refractivity (Wildman–Crippen MR) is 117 cm³/mol. The molecule has 0 aliphatic carbocycles. The highest BCUT2D eigenvalue weighted by Crippen LogP contribution is 2.26. The van der Waals surface area contributed by atoms with Crippen LogP contribution in [-0.2, 0) is 14.8 Å². The number of ether oxygens (including phenoxy) is 1. The number of fused-ring (bicyclic) bond motifs is 3. The van der Waals surface area contributed by atoms with Gasteiger partial charge in [0.15, 0.2) is 0 Å². The molecule has 1 aliphatic rings. The van der Waals surface area contributed by atoms with Crippen LogP contribution in [0.25, 0.3) is 21.8 Å². The monoisotopic (exact) mass is 424 g/mol. The summed E-state index contributed by atoms with van der Waals surface area (Å²) < 4.78 is 33.9. The second kappa shape index (κ2) is 7.19. The summed E-state index contributed by atoms with van der Waals surface area (Å²) in [6, 6.07) is 13.7. The van der Waals surface area contributed by atoms with Crippen molar-refractivity contribution < 1.29 is 13.2 Å². The zero-order valence-corrected chi connectivity index (χ0v) is 16.8. The molecule has 154 valence electrons. The van der Waals surface area contributed by atoms with Crippen LogP contribution in [0.15, 0.2) is 64.4 Å². The Balaban J connectivity index is 1.45. The van der Waals surface area contributed by atoms with Crippen molar-refractivity contribution in [1.82, 2.24) is 9.97 Å². The van der Waals surface area contributed by atoms with Gasteiger partial charge in [0.2, 0.25) is 0 Å². The summed E-state index contributed by atoms with van der Waals surface area (Å²) in [5, 5.41) is 1.34. The Bertz CT molecular complexity index is 1380. The van der Waals surface area contributed by atoms with E-state index in [1.165, 1.54) is 6.07 Å². The molecule has 1 fully saturated rings. The molecule has 4 aromatic rings. The van der Waals surface area contributed by atoms with Gasteiger partial charge in [-0.25, -0.2) is 8.42 Å². The number of morpholine rings is 1. The van der Waals surface area contributed by atoms with E-state index in [0.717, 1.165) is 18.8 Å². The molecule has 0 saturated carbocycles. The van der Waals surface area contributed by atoms with Gasteiger partial charge in [-0.15, -0.1) is 0 Å². The van der Waals surface area contributed by atoms with Crippen LogP contribution in [0.3, 0.4) is 0 Å². The third-order valence-corrected chi connectivity index (χ3v) is 6.69. The summed E-state index contributed by atoms with van der Waals surface area (Å²) in [5.41, 5.74) is 2.28. The fourth-order valence-corrected chi connectivity index (χ4v) is 4.85. The fraction of sp³-hybridized carbons (Fsp3) is 0.190. The molecule has 9 heteroatoms. The van der Waals surface area contributed by atoms with Crippen molar-refractivity contribution in [2.45, 2.75) is 4.90 Å². The largest absolute Gasteiger partial charge is 0.378 e. The van der Waals surface area contributed by atoms with Crippen LogP contribution < -0.4 is 15.2 Å². The quantitative estimate of drug-likeness (QED) is 0.467. The lowest BCUT2D eigenvalue weighted by molar-refractivity contribution is 0.122. The summed E-state index contributed by atoms with van der Waals surface area (Å²) >= 11 is 0. The molecule has 1 aliphatic heterocycles. The number of H-pyrrole nitrogens is 2. The van der Waals surface area contributed by atoms with Crippen molar-refractivity contribution in [3.63, 3.8) is 0 Å². The molecule has 5 rings (SSSR count). The molecule has 2 aromatic carbocycles. The maximum atomic E-state index is 13.0. The number of pyridine rings is 1. The Morgan fingerprint density at radius 2 is 1.73 bits per heavy atom. The molecule has 0 bridgehead atoms. The maximum Gasteiger partial charge on any atom is 0.272 e. The molecule has 2 aromatic heterocycles. The second-order valence-electron chi connectivity index (χ2n) is 7.18. The first kappa shape index (κ1) is 18.7. The Morgan fingerprint density at radius 1 is 0.967 bits per heavy atom. The number of aromatic nitrogens is 2. The normalized spacial score (nSPS) is 15.0. The topological polar surface area (TPSA) is 107 Å². The van der Waals surface area contributed by atoms with Crippen LogP contribution in [0.1, 0.15) is 0 Å². The van der Waals surface area contributed by atoms with Gasteiger partial charge < -0.3 is 19.6 Å². The third-order valence-electron chi connectivity index (χ3n) is 5.31. The summed E-state index contributed by atoms with van der Waals surface area (Å²) in [6.45, 7) is 3.02. The standard InChI is InChI=1S/C21H20N4O4S/c26-21-20-17(7-8-22-20)18-13-16(5-6-19(18)23-21)30(27,28)24-14-1-3-15(4-2-14)25-9-11-29-12-10-25/h1-8,13,22,24H,9-12H2,(H,23,26). The van der Waals surface area contributed by atoms with E-state index >= 15 is 0 Å². The van der Waals surface area contributed by atoms with Crippen LogP contribution in [0, 0.1) is 0 Å². The van der Waals surface area contributed by atoms with Gasteiger partial charge in [0.1, 0.15) is 5.52 Å². The number of benzene rings is 2. The Kier molecular flexibility index (Phi) is 4.48. The summed E-state index contributed by atoms with van der Waals surface area (Å²) in [6.07, 6.45) is 1.66. The minimum Gasteiger partial charge on any atom is -0.378 e. The summed E-state index contributed by atoms with van der Waals surface area (Å²) in [7, 11) is -3.79. The highest BCUT2D eigenvalue weighted by Gasteiger charge is 2.17. The third kappa shape index (κ3) is 3.31. The van der Waals surface area contributed by atoms with E-state index in [-0.39, 0.29) is 10.5 Å². The number of sulfonamides is 1. The highest BCUT2D eigenvalue weighted by atomic mass is 32.2. The molecular formula is C21H20N4O4S. The van der Waals surface area contributed by atoms with Crippen molar-refractivity contribution in [3.8, 4) is 0 Å². The average molecular weight is 424 g/mol. The number of nitrogens with zero attached hydrogens (tertiary/aromatic N) is 1. The average Bonchev–Trinajstić information content (AvgIpc) is 3.25. The molecule has 3 N–H and O–H groups in total. The first-order valence-corrected chi connectivity index (χ1v) is 11.1. The molecule has 30 heavy (non-hydrogen) atoms. The Morgan fingerprint density at radius 3 is 2.50 bits per heavy atom. The van der Waals surface area contributed by atoms with Gasteiger partial charge in [0.25, 0.3) is 15.6 Å². The minimum absolute atomic E-state index is 0.127. The fourth-order valence-electron chi connectivity index (χ4n) is 3.76. The summed E-state index contributed by atoms with van der Waals surface area (Å²) in [5.74, 6) is 0. The first-order chi connectivity index (χ1) is 14.5. The van der Waals surface area contributed by atoms with Gasteiger partial charge in [-0.2, -0.15) is 0 Å². The molecule has 0 atom stereocenters. The van der Waals surface area contributed by atoms with Crippen molar-refractivity contribution in [2.24, 2.45) is 0 Å². The van der Waals surface area contributed by atoms with Crippen molar-refractivity contribution >= 4 is 43.2 Å². The van der Waals surface area contributed by atoms with Gasteiger partial charge in [-0.3, -0.25) is 9.52 Å². The van der Waals surface area contributed by atoms with Crippen molar-refractivity contribution in [1.29, 1.82) is 0 Å². The second-order valence-corrected chi connectivity index (χ2v) is 8.86. The molecule has 0 unspecified atom stereocenters. The van der Waals surface area contributed by atoms with Gasteiger partial charge in [0.05, 0.1) is 18.1 Å². The number of anilines is 2. The van der Waals surface area contributed by atoms with Crippen LogP contribution in [0.5, 0.6) is 0 Å². The molecule has 3 heterocycles. The van der Waals surface area contributed by atoms with Gasteiger partial charge in [0, 0.05) is 47.0 Å². The van der Waals surface area contributed by atoms with E-state index in [9.17, 15) is 13.2 Å². The number of aromatic amines is 2. The number of hydrogen-bond acceptors (Lipinski definition) is 5. The molecule has 0 amide bonds. The molecular weight excluding hydrogens is 404 g/mol. The molecule has 8 nitrogen and oxygen atoms in total. The van der Waals surface area contributed by atoms with E-state index in [1.807, 2.05) is 12.1 Å². The van der Waals surface area contributed by atoms with E-state index in [1.54, 1.807) is 36.5 Å². The number of hydrogen-bond donors (Lipinski definition) is 3. The Hall–Kier alpha value is -3.30. The Labute approximate surface area is 172 Å². The van der Waals surface area contributed by atoms with Crippen LogP contribution in [0.4, 0.5) is 11.4 Å². The SMILES string of the molecule is O=c1[nH]c2ccc(S(=O)(=O)Nc3ccc(N4CCOCC4)cc3)cc2c2cc[nH]c12. The van der Waals surface area contributed by atoms with Crippen LogP contribution >= 0.6 is 0 Å². The van der Waals surface area contributed by atoms with Gasteiger partial charge >= 0.3 is 0 Å². The smallest absolute Gasteiger partial charge is 0.272 e. The van der Waals surface area contributed by atoms with Gasteiger partial charge in [-0.1, -0.05) is 0 Å². The van der Waals surface area contributed by atoms with E-state index in [0.29, 0.717) is 40.7 Å². The number of rotatable bonds is 4. The predicted octanol–water partition coefficient (Wildman–Crippen LogP) is 2.65. The lowest BCUT2D eigenvalue weighted by atomic mass is 10.1. The van der Waals surface area contributed by atoms with Crippen molar-refractivity contribution in [2.75, 3.05) is 35.9 Å². The highest BCUT2D eigenvalue weighted by molar-refractivity contribution is 7.92. The lowest BCUT2D eigenvalue weighted by Gasteiger charge is -2.28. The molecule has 0 radical (unpaired) electrons. The first-order valence-electron chi connectivity index (χ1n) is 9.60.